The number of ether oxygens (including phenoxy) is 3. The van der Waals surface area contributed by atoms with Crippen molar-refractivity contribution >= 4 is 23.6 Å². The lowest BCUT2D eigenvalue weighted by molar-refractivity contribution is -0.177. The molecule has 3 fully saturated rings. The molecule has 0 radical (unpaired) electrons. The fourth-order valence-corrected chi connectivity index (χ4v) is 7.03. The number of hydrogen-bond donors (Lipinski definition) is 1. The molecule has 1 spiro atoms. The first-order chi connectivity index (χ1) is 19.0. The van der Waals surface area contributed by atoms with Crippen molar-refractivity contribution < 1.29 is 33.4 Å². The van der Waals surface area contributed by atoms with Crippen LogP contribution in [0.3, 0.4) is 0 Å². The standard InChI is InChI=1S/C32H37NO7/c1-18-10-9-13-23-29-31(5,40-29)20(3)27-24(17-22-11-7-6-8-12-22)33-30(37)32(23,27)39-26(36)15-14-25(35)28(19(2)16-18)38-21(4)34/h6-9,11-16,18,20,23-24,27-29H,10,17H2,1-5H3,(H,33,37)/b13-9+,15-14+,19-16-/t18-,20-,23-,24-,27-,28+,29-,31+,32+/m0/s1. The van der Waals surface area contributed by atoms with Gasteiger partial charge in [0.2, 0.25) is 11.4 Å². The first kappa shape index (κ1) is 28.0. The first-order valence-electron chi connectivity index (χ1n) is 14.0. The molecule has 212 valence electrons. The quantitative estimate of drug-likeness (QED) is 0.349. The largest absolute Gasteiger partial charge is 0.450 e. The minimum Gasteiger partial charge on any atom is -0.450 e. The van der Waals surface area contributed by atoms with Gasteiger partial charge >= 0.3 is 11.9 Å². The molecule has 0 bridgehead atoms. The smallest absolute Gasteiger partial charge is 0.331 e. The maximum atomic E-state index is 14.0. The number of amides is 1. The van der Waals surface area contributed by atoms with Gasteiger partial charge in [0.1, 0.15) is 0 Å². The van der Waals surface area contributed by atoms with E-state index in [-0.39, 0.29) is 35.8 Å². The average molecular weight is 548 g/mol. The van der Waals surface area contributed by atoms with E-state index in [1.165, 1.54) is 6.92 Å². The summed E-state index contributed by atoms with van der Waals surface area (Å²) in [5.41, 5.74) is -0.308. The highest BCUT2D eigenvalue weighted by molar-refractivity contribution is 6.01. The predicted octanol–water partition coefficient (Wildman–Crippen LogP) is 3.65. The highest BCUT2D eigenvalue weighted by Crippen LogP contribution is 2.63. The van der Waals surface area contributed by atoms with Crippen molar-refractivity contribution in [3.63, 3.8) is 0 Å². The summed E-state index contributed by atoms with van der Waals surface area (Å²) in [4.78, 5) is 52.1. The number of fused-ring (bicyclic) bond motifs is 2. The van der Waals surface area contributed by atoms with Gasteiger partial charge < -0.3 is 19.5 Å². The van der Waals surface area contributed by atoms with Crippen LogP contribution in [-0.4, -0.2) is 53.1 Å². The minimum absolute atomic E-state index is 0.0144. The van der Waals surface area contributed by atoms with Crippen molar-refractivity contribution in [2.24, 2.45) is 23.7 Å². The molecular weight excluding hydrogens is 510 g/mol. The molecular formula is C32H37NO7. The van der Waals surface area contributed by atoms with Crippen LogP contribution >= 0.6 is 0 Å². The van der Waals surface area contributed by atoms with E-state index in [1.807, 2.05) is 55.5 Å². The molecule has 9 atom stereocenters. The third-order valence-corrected chi connectivity index (χ3v) is 9.06. The van der Waals surface area contributed by atoms with E-state index in [0.29, 0.717) is 18.4 Å². The predicted molar refractivity (Wildman–Crippen MR) is 147 cm³/mol. The molecule has 3 heterocycles. The Kier molecular flexibility index (Phi) is 7.33. The van der Waals surface area contributed by atoms with Crippen molar-refractivity contribution in [3.8, 4) is 0 Å². The SMILES string of the molecule is CC(=O)O[C@H]1C(=O)/C=C/C(=O)O[C@@]23C(=O)N[C@@H](Cc4ccccc4)[C@@H]2[C@H](C)[C@@]2(C)O[C@H]2[C@@H]3/C=C/C[C@H](C)/C=C\1C. The molecule has 1 aromatic rings. The molecule has 2 saturated heterocycles. The van der Waals surface area contributed by atoms with Crippen LogP contribution in [0.1, 0.15) is 46.6 Å². The summed E-state index contributed by atoms with van der Waals surface area (Å²) < 4.78 is 17.8. The van der Waals surface area contributed by atoms with Crippen LogP contribution < -0.4 is 5.32 Å². The van der Waals surface area contributed by atoms with Gasteiger partial charge in [-0.3, -0.25) is 14.4 Å². The molecule has 5 rings (SSSR count). The molecule has 1 N–H and O–H groups in total. The number of epoxide rings is 1. The van der Waals surface area contributed by atoms with Crippen LogP contribution in [0, 0.1) is 23.7 Å². The fraction of sp³-hybridized carbons (Fsp3) is 0.500. The molecule has 4 aliphatic rings. The molecule has 1 saturated carbocycles. The maximum absolute atomic E-state index is 14.0. The molecule has 8 heteroatoms. The molecule has 1 amide bonds. The van der Waals surface area contributed by atoms with Gasteiger partial charge in [-0.05, 0) is 55.7 Å². The number of rotatable bonds is 3. The summed E-state index contributed by atoms with van der Waals surface area (Å²) in [6.45, 7) is 9.09. The minimum atomic E-state index is -1.51. The topological polar surface area (TPSA) is 111 Å². The summed E-state index contributed by atoms with van der Waals surface area (Å²) in [6, 6.07) is 9.63. The lowest BCUT2D eigenvalue weighted by Crippen LogP contribution is -2.61. The Hall–Kier alpha value is -3.52. The number of allylic oxidation sites excluding steroid dienone is 2. The molecule has 40 heavy (non-hydrogen) atoms. The van der Waals surface area contributed by atoms with Crippen LogP contribution in [0.25, 0.3) is 0 Å². The van der Waals surface area contributed by atoms with Gasteiger partial charge in [0.05, 0.1) is 17.6 Å². The lowest BCUT2D eigenvalue weighted by Gasteiger charge is -2.45. The van der Waals surface area contributed by atoms with Crippen LogP contribution in [0.4, 0.5) is 0 Å². The van der Waals surface area contributed by atoms with E-state index >= 15 is 0 Å². The maximum Gasteiger partial charge on any atom is 0.331 e. The van der Waals surface area contributed by atoms with Crippen molar-refractivity contribution in [2.75, 3.05) is 0 Å². The first-order valence-corrected chi connectivity index (χ1v) is 14.0. The Labute approximate surface area is 234 Å². The number of carbonyl (C=O) groups is 4. The summed E-state index contributed by atoms with van der Waals surface area (Å²) in [5, 5.41) is 3.17. The van der Waals surface area contributed by atoms with Gasteiger partial charge in [0.15, 0.2) is 6.10 Å². The Morgan fingerprint density at radius 3 is 2.55 bits per heavy atom. The number of ketones is 1. The summed E-state index contributed by atoms with van der Waals surface area (Å²) in [7, 11) is 0. The third-order valence-electron chi connectivity index (χ3n) is 9.06. The van der Waals surface area contributed by atoms with Gasteiger partial charge in [0, 0.05) is 25.0 Å². The van der Waals surface area contributed by atoms with Gasteiger partial charge in [-0.15, -0.1) is 0 Å². The third kappa shape index (κ3) is 4.83. The van der Waals surface area contributed by atoms with E-state index in [9.17, 15) is 19.2 Å². The zero-order chi connectivity index (χ0) is 28.8. The highest BCUT2D eigenvalue weighted by atomic mass is 16.6. The molecule has 0 unspecified atom stereocenters. The van der Waals surface area contributed by atoms with Crippen LogP contribution in [0.2, 0.25) is 0 Å². The Morgan fingerprint density at radius 2 is 1.85 bits per heavy atom. The second-order valence-electron chi connectivity index (χ2n) is 11.8. The Morgan fingerprint density at radius 1 is 1.12 bits per heavy atom. The molecule has 3 aliphatic heterocycles. The Balaban J connectivity index is 1.57. The van der Waals surface area contributed by atoms with E-state index in [1.54, 1.807) is 6.92 Å². The number of hydrogen-bond acceptors (Lipinski definition) is 7. The Bertz CT molecular complexity index is 1300. The lowest BCUT2D eigenvalue weighted by atomic mass is 9.59. The fourth-order valence-electron chi connectivity index (χ4n) is 7.03. The zero-order valence-electron chi connectivity index (χ0n) is 23.6. The normalized spacial score (nSPS) is 42.0. The van der Waals surface area contributed by atoms with E-state index in [0.717, 1.165) is 17.7 Å². The van der Waals surface area contributed by atoms with Crippen LogP contribution in [0.5, 0.6) is 0 Å². The highest BCUT2D eigenvalue weighted by Gasteiger charge is 2.78. The van der Waals surface area contributed by atoms with Gasteiger partial charge in [-0.1, -0.05) is 62.4 Å². The summed E-state index contributed by atoms with van der Waals surface area (Å²) in [6.07, 6.45) is 7.70. The van der Waals surface area contributed by atoms with Crippen molar-refractivity contribution in [3.05, 3.63) is 71.8 Å². The second kappa shape index (κ2) is 10.5. The van der Waals surface area contributed by atoms with E-state index in [2.05, 4.69) is 19.2 Å². The number of esters is 2. The molecule has 1 aromatic carbocycles. The van der Waals surface area contributed by atoms with Crippen molar-refractivity contribution in [1.82, 2.24) is 5.32 Å². The van der Waals surface area contributed by atoms with E-state index in [4.69, 9.17) is 14.2 Å². The average Bonchev–Trinajstić information content (AvgIpc) is 3.52. The monoisotopic (exact) mass is 547 g/mol. The summed E-state index contributed by atoms with van der Waals surface area (Å²) >= 11 is 0. The van der Waals surface area contributed by atoms with Gasteiger partial charge in [-0.25, -0.2) is 4.79 Å². The van der Waals surface area contributed by atoms with Crippen molar-refractivity contribution in [2.45, 2.75) is 76.9 Å². The number of nitrogens with one attached hydrogen (secondary N) is 1. The zero-order valence-corrected chi connectivity index (χ0v) is 23.6. The number of benzene rings is 1. The second-order valence-corrected chi connectivity index (χ2v) is 11.8. The molecule has 1 aliphatic carbocycles. The van der Waals surface area contributed by atoms with Gasteiger partial charge in [0.25, 0.3) is 5.91 Å². The summed E-state index contributed by atoms with van der Waals surface area (Å²) in [5.74, 6) is -3.26. The van der Waals surface area contributed by atoms with Gasteiger partial charge in [-0.2, -0.15) is 0 Å². The van der Waals surface area contributed by atoms with E-state index < -0.39 is 40.9 Å². The van der Waals surface area contributed by atoms with Crippen LogP contribution in [-0.2, 0) is 39.8 Å². The van der Waals surface area contributed by atoms with Crippen molar-refractivity contribution in [1.29, 1.82) is 0 Å². The molecule has 0 aromatic heterocycles. The molecule has 8 nitrogen and oxygen atoms in total. The van der Waals surface area contributed by atoms with Crippen LogP contribution in [0.15, 0.2) is 66.3 Å². The number of carbonyl (C=O) groups excluding carboxylic acids is 4.